The fourth-order valence-corrected chi connectivity index (χ4v) is 3.12. The van der Waals surface area contributed by atoms with Crippen molar-refractivity contribution in [3.05, 3.63) is 17.7 Å². The first-order valence-electron chi connectivity index (χ1n) is 8.77. The number of hydrogen-bond donors (Lipinski definition) is 0. The summed E-state index contributed by atoms with van der Waals surface area (Å²) in [5, 5.41) is 0. The molecule has 7 nitrogen and oxygen atoms in total. The first-order chi connectivity index (χ1) is 12.4. The van der Waals surface area contributed by atoms with Crippen molar-refractivity contribution in [3.8, 4) is 17.2 Å². The van der Waals surface area contributed by atoms with Gasteiger partial charge in [-0.05, 0) is 6.07 Å². The number of nitrogens with zero attached hydrogens (tertiary/aromatic N) is 2. The third-order valence-electron chi connectivity index (χ3n) is 4.57. The average Bonchev–Trinajstić information content (AvgIpc) is 2.66. The second-order valence-corrected chi connectivity index (χ2v) is 6.53. The predicted molar refractivity (Wildman–Crippen MR) is 97.8 cm³/mol. The van der Waals surface area contributed by atoms with E-state index in [1.807, 2.05) is 24.8 Å². The Labute approximate surface area is 154 Å². The number of benzene rings is 1. The van der Waals surface area contributed by atoms with E-state index in [2.05, 4.69) is 0 Å². The Morgan fingerprint density at radius 3 is 2.00 bits per heavy atom. The predicted octanol–water partition coefficient (Wildman–Crippen LogP) is 1.58. The standard InChI is InChI=1S/C19H28N2O5/c1-13(2)19(23)21-10-8-20(9-11-21)16(22)12-14-6-7-15(24-3)18(26-5)17(14)25-4/h6-7,13H,8-12H2,1-5H3. The Morgan fingerprint density at radius 2 is 1.50 bits per heavy atom. The van der Waals surface area contributed by atoms with Crippen LogP contribution in [0.15, 0.2) is 12.1 Å². The van der Waals surface area contributed by atoms with Crippen molar-refractivity contribution < 1.29 is 23.8 Å². The van der Waals surface area contributed by atoms with Crippen molar-refractivity contribution >= 4 is 11.8 Å². The highest BCUT2D eigenvalue weighted by Gasteiger charge is 2.26. The lowest BCUT2D eigenvalue weighted by atomic mass is 10.1. The molecule has 1 saturated heterocycles. The highest BCUT2D eigenvalue weighted by atomic mass is 16.5. The molecule has 1 fully saturated rings. The molecule has 0 saturated carbocycles. The fraction of sp³-hybridized carbons (Fsp3) is 0.579. The van der Waals surface area contributed by atoms with Gasteiger partial charge in [0.1, 0.15) is 0 Å². The topological polar surface area (TPSA) is 68.3 Å². The first-order valence-corrected chi connectivity index (χ1v) is 8.77. The zero-order chi connectivity index (χ0) is 19.3. The Hall–Kier alpha value is -2.44. The van der Waals surface area contributed by atoms with Gasteiger partial charge in [0.25, 0.3) is 0 Å². The molecule has 1 aliphatic rings. The van der Waals surface area contributed by atoms with Crippen molar-refractivity contribution in [2.24, 2.45) is 5.92 Å². The van der Waals surface area contributed by atoms with Gasteiger partial charge >= 0.3 is 0 Å². The molecular formula is C19H28N2O5. The van der Waals surface area contributed by atoms with Crippen LogP contribution in [0.5, 0.6) is 17.2 Å². The molecule has 0 N–H and O–H groups in total. The summed E-state index contributed by atoms with van der Waals surface area (Å²) in [5.74, 6) is 1.67. The highest BCUT2D eigenvalue weighted by molar-refractivity contribution is 5.81. The van der Waals surface area contributed by atoms with Gasteiger partial charge in [-0.2, -0.15) is 0 Å². The molecule has 0 unspecified atom stereocenters. The Morgan fingerprint density at radius 1 is 0.923 bits per heavy atom. The lowest BCUT2D eigenvalue weighted by Crippen LogP contribution is -2.51. The minimum atomic E-state index is -0.0201. The monoisotopic (exact) mass is 364 g/mol. The van der Waals surface area contributed by atoms with E-state index >= 15 is 0 Å². The normalized spacial score (nSPS) is 14.4. The lowest BCUT2D eigenvalue weighted by molar-refractivity contribution is -0.141. The molecule has 0 aliphatic carbocycles. The van der Waals surface area contributed by atoms with Crippen molar-refractivity contribution in [2.45, 2.75) is 20.3 Å². The fourth-order valence-electron chi connectivity index (χ4n) is 3.12. The molecule has 26 heavy (non-hydrogen) atoms. The molecule has 2 amide bonds. The van der Waals surface area contributed by atoms with E-state index in [4.69, 9.17) is 14.2 Å². The summed E-state index contributed by atoms with van der Waals surface area (Å²) in [7, 11) is 4.64. The molecule has 0 radical (unpaired) electrons. The second kappa shape index (κ2) is 8.78. The van der Waals surface area contributed by atoms with Crippen molar-refractivity contribution in [1.82, 2.24) is 9.80 Å². The summed E-state index contributed by atoms with van der Waals surface area (Å²) >= 11 is 0. The molecule has 144 valence electrons. The van der Waals surface area contributed by atoms with Crippen LogP contribution in [-0.2, 0) is 16.0 Å². The smallest absolute Gasteiger partial charge is 0.227 e. The number of rotatable bonds is 6. The van der Waals surface area contributed by atoms with Gasteiger partial charge in [0.2, 0.25) is 17.6 Å². The van der Waals surface area contributed by atoms with Crippen molar-refractivity contribution in [2.75, 3.05) is 47.5 Å². The van der Waals surface area contributed by atoms with Crippen LogP contribution in [0.1, 0.15) is 19.4 Å². The molecule has 0 atom stereocenters. The summed E-state index contributed by atoms with van der Waals surface area (Å²) < 4.78 is 16.1. The molecule has 1 heterocycles. The van der Waals surface area contributed by atoms with Gasteiger partial charge in [0.05, 0.1) is 27.8 Å². The largest absolute Gasteiger partial charge is 0.493 e. The van der Waals surface area contributed by atoms with Gasteiger partial charge < -0.3 is 24.0 Å². The average molecular weight is 364 g/mol. The number of piperazine rings is 1. The van der Waals surface area contributed by atoms with E-state index in [1.54, 1.807) is 25.2 Å². The van der Waals surface area contributed by atoms with Gasteiger partial charge in [0.15, 0.2) is 11.5 Å². The number of amides is 2. The maximum atomic E-state index is 12.7. The van der Waals surface area contributed by atoms with E-state index < -0.39 is 0 Å². The number of methoxy groups -OCH3 is 3. The highest BCUT2D eigenvalue weighted by Crippen LogP contribution is 2.40. The zero-order valence-electron chi connectivity index (χ0n) is 16.2. The third kappa shape index (κ3) is 4.20. The van der Waals surface area contributed by atoms with Gasteiger partial charge in [-0.25, -0.2) is 0 Å². The second-order valence-electron chi connectivity index (χ2n) is 6.53. The SMILES string of the molecule is COc1ccc(CC(=O)N2CCN(C(=O)C(C)C)CC2)c(OC)c1OC. The van der Waals surface area contributed by atoms with Crippen LogP contribution in [0.25, 0.3) is 0 Å². The molecule has 0 spiro atoms. The van der Waals surface area contributed by atoms with Gasteiger partial charge in [0, 0.05) is 37.7 Å². The van der Waals surface area contributed by atoms with Gasteiger partial charge in [-0.3, -0.25) is 9.59 Å². The summed E-state index contributed by atoms with van der Waals surface area (Å²) in [6.45, 7) is 6.03. The maximum Gasteiger partial charge on any atom is 0.227 e. The van der Waals surface area contributed by atoms with Gasteiger partial charge in [-0.15, -0.1) is 0 Å². The van der Waals surface area contributed by atoms with Crippen LogP contribution in [0, 0.1) is 5.92 Å². The minimum absolute atomic E-state index is 0.00664. The number of carbonyl (C=O) groups excluding carboxylic acids is 2. The molecule has 1 aromatic rings. The van der Waals surface area contributed by atoms with Crippen LogP contribution < -0.4 is 14.2 Å². The molecule has 0 bridgehead atoms. The summed E-state index contributed by atoms with van der Waals surface area (Å²) in [6, 6.07) is 3.58. The molecule has 2 rings (SSSR count). The van der Waals surface area contributed by atoms with Crippen LogP contribution in [0.4, 0.5) is 0 Å². The number of hydrogen-bond acceptors (Lipinski definition) is 5. The Kier molecular flexibility index (Phi) is 6.71. The zero-order valence-corrected chi connectivity index (χ0v) is 16.2. The Balaban J connectivity index is 2.06. The van der Waals surface area contributed by atoms with E-state index in [1.165, 1.54) is 7.11 Å². The van der Waals surface area contributed by atoms with Crippen molar-refractivity contribution in [1.29, 1.82) is 0 Å². The first kappa shape index (κ1) is 19.9. The number of carbonyl (C=O) groups is 2. The van der Waals surface area contributed by atoms with Crippen LogP contribution in [0.3, 0.4) is 0 Å². The van der Waals surface area contributed by atoms with Crippen LogP contribution in [0.2, 0.25) is 0 Å². The van der Waals surface area contributed by atoms with Crippen molar-refractivity contribution in [3.63, 3.8) is 0 Å². The van der Waals surface area contributed by atoms with E-state index in [9.17, 15) is 9.59 Å². The Bertz CT molecular complexity index is 652. The minimum Gasteiger partial charge on any atom is -0.493 e. The third-order valence-corrected chi connectivity index (χ3v) is 4.57. The molecule has 1 aromatic carbocycles. The number of ether oxygens (including phenoxy) is 3. The summed E-state index contributed by atoms with van der Waals surface area (Å²) in [5.41, 5.74) is 0.746. The summed E-state index contributed by atoms with van der Waals surface area (Å²) in [6.07, 6.45) is 0.210. The maximum absolute atomic E-state index is 12.7. The van der Waals surface area contributed by atoms with E-state index in [-0.39, 0.29) is 24.2 Å². The van der Waals surface area contributed by atoms with Crippen LogP contribution in [-0.4, -0.2) is 69.1 Å². The lowest BCUT2D eigenvalue weighted by Gasteiger charge is -2.35. The molecule has 7 heteroatoms. The molecular weight excluding hydrogens is 336 g/mol. The van der Waals surface area contributed by atoms with Crippen LogP contribution >= 0.6 is 0 Å². The molecule has 1 aliphatic heterocycles. The van der Waals surface area contributed by atoms with Gasteiger partial charge in [-0.1, -0.05) is 19.9 Å². The summed E-state index contributed by atoms with van der Waals surface area (Å²) in [4.78, 5) is 28.4. The molecule has 0 aromatic heterocycles. The van der Waals surface area contributed by atoms with E-state index in [0.717, 1.165) is 5.56 Å². The van der Waals surface area contributed by atoms with E-state index in [0.29, 0.717) is 43.4 Å². The quantitative estimate of drug-likeness (QED) is 0.767.